The fourth-order valence-corrected chi connectivity index (χ4v) is 3.16. The smallest absolute Gasteiger partial charge is 0.340 e. The molecule has 0 aliphatic heterocycles. The van der Waals surface area contributed by atoms with E-state index in [1.54, 1.807) is 30.3 Å². The number of hydrogen-bond donors (Lipinski definition) is 3. The Kier molecular flexibility index (Phi) is 5.49. The molecule has 0 spiro atoms. The zero-order valence-corrected chi connectivity index (χ0v) is 11.8. The van der Waals surface area contributed by atoms with E-state index in [2.05, 4.69) is 16.1 Å². The third-order valence-electron chi connectivity index (χ3n) is 2.21. The molecule has 0 unspecified atom stereocenters. The molecule has 18 heavy (non-hydrogen) atoms. The van der Waals surface area contributed by atoms with Crippen LogP contribution in [0.1, 0.15) is 5.56 Å². The molecular weight excluding hydrogens is 325 g/mol. The Balaban J connectivity index is 2.78. The van der Waals surface area contributed by atoms with Crippen molar-refractivity contribution in [3.63, 3.8) is 0 Å². The molecule has 6 nitrogen and oxygen atoms in total. The summed E-state index contributed by atoms with van der Waals surface area (Å²) in [6, 6.07) is 7.83. The van der Waals surface area contributed by atoms with Crippen molar-refractivity contribution in [2.75, 3.05) is 6.29 Å². The van der Waals surface area contributed by atoms with Crippen LogP contribution in [0.3, 0.4) is 0 Å². The SMILES string of the molecule is O=C(O)[C@H](Cc1ccccc1)N(Br)CP(=O)(O)O. The van der Waals surface area contributed by atoms with E-state index in [1.165, 1.54) is 0 Å². The first-order chi connectivity index (χ1) is 8.29. The highest BCUT2D eigenvalue weighted by molar-refractivity contribution is 9.07. The molecule has 0 aliphatic carbocycles. The van der Waals surface area contributed by atoms with Crippen molar-refractivity contribution in [1.29, 1.82) is 0 Å². The van der Waals surface area contributed by atoms with E-state index in [0.717, 1.165) is 9.49 Å². The van der Waals surface area contributed by atoms with Crippen molar-refractivity contribution in [2.24, 2.45) is 0 Å². The molecule has 8 heteroatoms. The molecule has 0 aromatic heterocycles. The number of carbonyl (C=O) groups is 1. The molecule has 0 radical (unpaired) electrons. The van der Waals surface area contributed by atoms with Crippen molar-refractivity contribution in [1.82, 2.24) is 3.93 Å². The molecule has 1 rings (SSSR count). The predicted molar refractivity (Wildman–Crippen MR) is 69.2 cm³/mol. The van der Waals surface area contributed by atoms with Crippen molar-refractivity contribution in [3.8, 4) is 0 Å². The molecule has 0 aliphatic rings. The molecule has 1 atom stereocenters. The van der Waals surface area contributed by atoms with Crippen LogP contribution in [0, 0.1) is 0 Å². The second-order valence-electron chi connectivity index (χ2n) is 3.75. The van der Waals surface area contributed by atoms with E-state index in [0.29, 0.717) is 0 Å². The van der Waals surface area contributed by atoms with E-state index in [9.17, 15) is 9.36 Å². The van der Waals surface area contributed by atoms with Gasteiger partial charge in [-0.05, 0) is 12.0 Å². The third kappa shape index (κ3) is 5.29. The maximum absolute atomic E-state index is 11.1. The number of carboxylic acids is 1. The summed E-state index contributed by atoms with van der Waals surface area (Å²) in [5.74, 6) is -1.15. The summed E-state index contributed by atoms with van der Waals surface area (Å²) in [5, 5.41) is 9.08. The van der Waals surface area contributed by atoms with Gasteiger partial charge in [-0.2, -0.15) is 0 Å². The second-order valence-corrected chi connectivity index (χ2v) is 6.27. The number of aliphatic carboxylic acids is 1. The molecular formula is C10H13BrNO5P. The second kappa shape index (κ2) is 6.45. The summed E-state index contributed by atoms with van der Waals surface area (Å²) >= 11 is 2.90. The lowest BCUT2D eigenvalue weighted by atomic mass is 10.1. The van der Waals surface area contributed by atoms with Gasteiger partial charge in [0.1, 0.15) is 12.3 Å². The fourth-order valence-electron chi connectivity index (χ4n) is 1.42. The van der Waals surface area contributed by atoms with Crippen LogP contribution in [0.15, 0.2) is 30.3 Å². The van der Waals surface area contributed by atoms with Gasteiger partial charge in [-0.3, -0.25) is 9.36 Å². The zero-order valence-electron chi connectivity index (χ0n) is 9.31. The standard InChI is InChI=1S/C10H13BrNO5P/c11-12(7-18(15,16)17)9(10(13)14)6-8-4-2-1-3-5-8/h1-5,9H,6-7H2,(H,13,14)(H2,15,16,17)/t9-/m0/s1. The highest BCUT2D eigenvalue weighted by atomic mass is 79.9. The van der Waals surface area contributed by atoms with Crippen LogP contribution in [0.4, 0.5) is 0 Å². The number of hydrogen-bond acceptors (Lipinski definition) is 3. The first-order valence-corrected chi connectivity index (χ1v) is 7.54. The molecule has 100 valence electrons. The Morgan fingerprint density at radius 3 is 2.33 bits per heavy atom. The number of benzene rings is 1. The van der Waals surface area contributed by atoms with Crippen LogP contribution in [0.5, 0.6) is 0 Å². The molecule has 3 N–H and O–H groups in total. The van der Waals surface area contributed by atoms with Gasteiger partial charge in [0.15, 0.2) is 0 Å². The quantitative estimate of drug-likeness (QED) is 0.536. The van der Waals surface area contributed by atoms with Gasteiger partial charge in [-0.15, -0.1) is 0 Å². The first-order valence-electron chi connectivity index (χ1n) is 5.03. The minimum absolute atomic E-state index is 0.154. The van der Waals surface area contributed by atoms with Gasteiger partial charge in [0, 0.05) is 16.1 Å². The van der Waals surface area contributed by atoms with Crippen LogP contribution in [-0.2, 0) is 15.8 Å². The summed E-state index contributed by atoms with van der Waals surface area (Å²) in [5.41, 5.74) is 0.778. The minimum Gasteiger partial charge on any atom is -0.480 e. The maximum atomic E-state index is 11.1. The lowest BCUT2D eigenvalue weighted by Crippen LogP contribution is -2.37. The first kappa shape index (κ1) is 15.3. The molecule has 0 saturated carbocycles. The van der Waals surface area contributed by atoms with Crippen molar-refractivity contribution < 1.29 is 24.3 Å². The largest absolute Gasteiger partial charge is 0.480 e. The normalized spacial score (nSPS) is 13.6. The van der Waals surface area contributed by atoms with Gasteiger partial charge in [0.05, 0.1) is 0 Å². The van der Waals surface area contributed by atoms with E-state index < -0.39 is 25.9 Å². The predicted octanol–water partition coefficient (Wildman–Crippen LogP) is 1.43. The number of rotatable bonds is 6. The summed E-state index contributed by atoms with van der Waals surface area (Å²) in [6.07, 6.45) is -0.502. The van der Waals surface area contributed by atoms with Crippen molar-refractivity contribution in [3.05, 3.63) is 35.9 Å². The van der Waals surface area contributed by atoms with E-state index in [-0.39, 0.29) is 6.42 Å². The Bertz CT molecular complexity index is 449. The average molecular weight is 338 g/mol. The van der Waals surface area contributed by atoms with Gasteiger partial charge < -0.3 is 14.9 Å². The summed E-state index contributed by atoms with van der Waals surface area (Å²) in [6.45, 7) is 0. The Morgan fingerprint density at radius 1 is 1.33 bits per heavy atom. The van der Waals surface area contributed by atoms with Crippen LogP contribution in [0.2, 0.25) is 0 Å². The molecule has 0 saturated heterocycles. The fraction of sp³-hybridized carbons (Fsp3) is 0.300. The number of halogens is 1. The number of carboxylic acid groups (broad SMARTS) is 1. The minimum atomic E-state index is -4.30. The maximum Gasteiger partial charge on any atom is 0.340 e. The Morgan fingerprint density at radius 2 is 1.89 bits per heavy atom. The van der Waals surface area contributed by atoms with Crippen LogP contribution >= 0.6 is 23.7 Å². The van der Waals surface area contributed by atoms with E-state index in [1.807, 2.05) is 0 Å². The lowest BCUT2D eigenvalue weighted by Gasteiger charge is -2.22. The molecule has 0 amide bonds. The van der Waals surface area contributed by atoms with Crippen molar-refractivity contribution in [2.45, 2.75) is 12.5 Å². The van der Waals surface area contributed by atoms with Gasteiger partial charge in [0.25, 0.3) is 0 Å². The average Bonchev–Trinajstić information content (AvgIpc) is 2.24. The molecule has 0 heterocycles. The van der Waals surface area contributed by atoms with Crippen LogP contribution in [0.25, 0.3) is 0 Å². The number of nitrogens with zero attached hydrogens (tertiary/aromatic N) is 1. The van der Waals surface area contributed by atoms with Gasteiger partial charge in [0.2, 0.25) is 0 Å². The summed E-state index contributed by atoms with van der Waals surface area (Å²) in [7, 11) is -4.30. The highest BCUT2D eigenvalue weighted by Gasteiger charge is 2.29. The third-order valence-corrected chi connectivity index (χ3v) is 4.02. The van der Waals surface area contributed by atoms with Crippen LogP contribution < -0.4 is 0 Å². The van der Waals surface area contributed by atoms with E-state index >= 15 is 0 Å². The van der Waals surface area contributed by atoms with E-state index in [4.69, 9.17) is 14.9 Å². The van der Waals surface area contributed by atoms with Gasteiger partial charge in [-0.1, -0.05) is 30.3 Å². The van der Waals surface area contributed by atoms with Gasteiger partial charge in [-0.25, -0.2) is 3.93 Å². The molecule has 0 bridgehead atoms. The molecule has 0 fully saturated rings. The monoisotopic (exact) mass is 337 g/mol. The summed E-state index contributed by atoms with van der Waals surface area (Å²) in [4.78, 5) is 28.8. The topological polar surface area (TPSA) is 98.1 Å². The Hall–Kier alpha value is -0.720. The Labute approximate surface area is 113 Å². The van der Waals surface area contributed by atoms with Gasteiger partial charge >= 0.3 is 13.6 Å². The zero-order chi connectivity index (χ0) is 13.8. The summed E-state index contributed by atoms with van der Waals surface area (Å²) < 4.78 is 11.8. The lowest BCUT2D eigenvalue weighted by molar-refractivity contribution is -0.140. The van der Waals surface area contributed by atoms with Crippen molar-refractivity contribution >= 4 is 29.7 Å². The molecule has 1 aromatic carbocycles. The van der Waals surface area contributed by atoms with Crippen LogP contribution in [-0.4, -0.2) is 37.1 Å². The highest BCUT2D eigenvalue weighted by Crippen LogP contribution is 2.37. The molecule has 1 aromatic rings.